The Morgan fingerprint density at radius 1 is 1.11 bits per heavy atom. The normalized spacial score (nSPS) is 11.7. The number of nitrogens with zero attached hydrogens (tertiary/aromatic N) is 3. The SMILES string of the molecule is CC(C)Cc1ccc(C(C)c2n[nH]c(=S)n2-c2ccc(C(=O)NNC(=O)CCO[N+](=O)[O-])cc2)cc1. The molecule has 1 aromatic heterocycles. The highest BCUT2D eigenvalue weighted by atomic mass is 32.1. The van der Waals surface area contributed by atoms with Crippen molar-refractivity contribution in [3.8, 4) is 5.69 Å². The van der Waals surface area contributed by atoms with Crippen LogP contribution in [0.5, 0.6) is 0 Å². The minimum atomic E-state index is -0.991. The lowest BCUT2D eigenvalue weighted by Crippen LogP contribution is -2.42. The number of carbonyl (C=O) groups is 2. The molecule has 36 heavy (non-hydrogen) atoms. The summed E-state index contributed by atoms with van der Waals surface area (Å²) in [6.07, 6.45) is 0.743. The van der Waals surface area contributed by atoms with Gasteiger partial charge in [-0.1, -0.05) is 45.0 Å². The molecular formula is C24H28N6O5S. The van der Waals surface area contributed by atoms with Crippen LogP contribution in [-0.2, 0) is 16.1 Å². The Morgan fingerprint density at radius 3 is 2.39 bits per heavy atom. The van der Waals surface area contributed by atoms with E-state index in [0.29, 0.717) is 16.3 Å². The number of carbonyl (C=O) groups excluding carboxylic acids is 2. The van der Waals surface area contributed by atoms with Crippen molar-refractivity contribution >= 4 is 24.0 Å². The lowest BCUT2D eigenvalue weighted by molar-refractivity contribution is -0.757. The first kappa shape index (κ1) is 26.5. The molecule has 12 heteroatoms. The molecule has 1 atom stereocenters. The third-order valence-electron chi connectivity index (χ3n) is 5.44. The highest BCUT2D eigenvalue weighted by Gasteiger charge is 2.18. The topological polar surface area (TPSA) is 144 Å². The molecule has 0 radical (unpaired) electrons. The van der Waals surface area contributed by atoms with Crippen LogP contribution in [0.3, 0.4) is 0 Å². The van der Waals surface area contributed by atoms with Gasteiger partial charge in [0.2, 0.25) is 5.91 Å². The molecule has 0 saturated carbocycles. The largest absolute Gasteiger partial charge is 0.313 e. The smallest absolute Gasteiger partial charge is 0.294 e. The summed E-state index contributed by atoms with van der Waals surface area (Å²) in [5.41, 5.74) is 7.86. The first-order chi connectivity index (χ1) is 17.2. The fraction of sp³-hybridized carbons (Fsp3) is 0.333. The van der Waals surface area contributed by atoms with E-state index in [4.69, 9.17) is 12.2 Å². The number of amides is 2. The van der Waals surface area contributed by atoms with Crippen molar-refractivity contribution in [2.24, 2.45) is 5.92 Å². The fourth-order valence-corrected chi connectivity index (χ4v) is 3.89. The van der Waals surface area contributed by atoms with Crippen LogP contribution in [0.15, 0.2) is 48.5 Å². The maximum atomic E-state index is 12.3. The lowest BCUT2D eigenvalue weighted by atomic mass is 9.96. The van der Waals surface area contributed by atoms with Gasteiger partial charge in [-0.05, 0) is 59.9 Å². The highest BCUT2D eigenvalue weighted by molar-refractivity contribution is 7.71. The number of hydrogen-bond acceptors (Lipinski definition) is 7. The van der Waals surface area contributed by atoms with Gasteiger partial charge >= 0.3 is 0 Å². The molecule has 11 nitrogen and oxygen atoms in total. The van der Waals surface area contributed by atoms with Crippen LogP contribution in [0.25, 0.3) is 5.69 Å². The Bertz CT molecular complexity index is 1270. The van der Waals surface area contributed by atoms with Crippen molar-refractivity contribution < 1.29 is 19.5 Å². The zero-order valence-electron chi connectivity index (χ0n) is 20.2. The molecule has 0 saturated heterocycles. The van der Waals surface area contributed by atoms with Gasteiger partial charge < -0.3 is 4.84 Å². The molecule has 3 N–H and O–H groups in total. The molecule has 3 aromatic rings. The van der Waals surface area contributed by atoms with E-state index >= 15 is 0 Å². The van der Waals surface area contributed by atoms with Crippen LogP contribution < -0.4 is 10.9 Å². The van der Waals surface area contributed by atoms with Crippen molar-refractivity contribution in [3.63, 3.8) is 0 Å². The van der Waals surface area contributed by atoms with Crippen molar-refractivity contribution in [1.29, 1.82) is 0 Å². The first-order valence-electron chi connectivity index (χ1n) is 11.4. The molecule has 0 bridgehead atoms. The quantitative estimate of drug-likeness (QED) is 0.214. The monoisotopic (exact) mass is 512 g/mol. The summed E-state index contributed by atoms with van der Waals surface area (Å²) < 4.78 is 2.25. The van der Waals surface area contributed by atoms with Gasteiger partial charge in [0, 0.05) is 17.2 Å². The van der Waals surface area contributed by atoms with Gasteiger partial charge in [0.1, 0.15) is 12.4 Å². The predicted octanol–water partition coefficient (Wildman–Crippen LogP) is 3.64. The van der Waals surface area contributed by atoms with Crippen LogP contribution in [0.1, 0.15) is 60.4 Å². The number of hydrazine groups is 1. The number of H-pyrrole nitrogens is 1. The molecule has 1 heterocycles. The standard InChI is InChI=1S/C24H28N6O5S/c1-15(2)14-17-4-6-18(7-5-17)16(3)22-26-28-24(36)29(22)20-10-8-19(9-11-20)23(32)27-25-21(31)12-13-35-30(33)34/h4-11,15-16H,12-14H2,1-3H3,(H,25,31)(H,27,32)(H,28,36). The molecule has 1 unspecified atom stereocenters. The number of aromatic nitrogens is 3. The number of nitrogens with one attached hydrogen (secondary N) is 3. The summed E-state index contributed by atoms with van der Waals surface area (Å²) in [5.74, 6) is 0.112. The Labute approximate surface area is 212 Å². The van der Waals surface area contributed by atoms with Crippen molar-refractivity contribution in [2.75, 3.05) is 6.61 Å². The Balaban J connectivity index is 1.69. The Kier molecular flexibility index (Phi) is 8.90. The number of rotatable bonds is 10. The van der Waals surface area contributed by atoms with Gasteiger partial charge in [-0.3, -0.25) is 30.1 Å². The lowest BCUT2D eigenvalue weighted by Gasteiger charge is -2.15. The summed E-state index contributed by atoms with van der Waals surface area (Å²) in [4.78, 5) is 38.1. The molecule has 0 aliphatic carbocycles. The van der Waals surface area contributed by atoms with Crippen LogP contribution in [-0.4, -0.2) is 38.3 Å². The van der Waals surface area contributed by atoms with Gasteiger partial charge in [-0.15, -0.1) is 10.1 Å². The Morgan fingerprint density at radius 2 is 1.78 bits per heavy atom. The van der Waals surface area contributed by atoms with Crippen LogP contribution in [0.2, 0.25) is 0 Å². The second-order valence-electron chi connectivity index (χ2n) is 8.64. The van der Waals surface area contributed by atoms with Crippen LogP contribution >= 0.6 is 12.2 Å². The minimum Gasteiger partial charge on any atom is -0.313 e. The second kappa shape index (κ2) is 12.1. The van der Waals surface area contributed by atoms with E-state index < -0.39 is 23.5 Å². The third kappa shape index (κ3) is 6.98. The number of hydrogen-bond donors (Lipinski definition) is 3. The summed E-state index contributed by atoms with van der Waals surface area (Å²) in [7, 11) is 0. The summed E-state index contributed by atoms with van der Waals surface area (Å²) in [6.45, 7) is 6.03. The fourth-order valence-electron chi connectivity index (χ4n) is 3.65. The van der Waals surface area contributed by atoms with Crippen LogP contribution in [0.4, 0.5) is 0 Å². The van der Waals surface area contributed by atoms with E-state index in [2.05, 4.69) is 70.9 Å². The summed E-state index contributed by atoms with van der Waals surface area (Å²) in [6, 6.07) is 15.1. The van der Waals surface area contributed by atoms with Gasteiger partial charge in [0.15, 0.2) is 4.77 Å². The summed E-state index contributed by atoms with van der Waals surface area (Å²) >= 11 is 5.46. The minimum absolute atomic E-state index is 0.0384. The number of benzene rings is 2. The summed E-state index contributed by atoms with van der Waals surface area (Å²) in [5, 5.41) is 16.4. The van der Waals surface area contributed by atoms with Crippen LogP contribution in [0, 0.1) is 20.8 Å². The van der Waals surface area contributed by atoms with Gasteiger partial charge in [-0.25, -0.2) is 0 Å². The van der Waals surface area contributed by atoms with E-state index in [9.17, 15) is 19.7 Å². The van der Waals surface area contributed by atoms with Gasteiger partial charge in [-0.2, -0.15) is 5.10 Å². The van der Waals surface area contributed by atoms with E-state index in [1.54, 1.807) is 24.3 Å². The average molecular weight is 513 g/mol. The molecule has 2 amide bonds. The molecule has 0 aliphatic heterocycles. The van der Waals surface area contributed by atoms with Crippen molar-refractivity contribution in [3.05, 3.63) is 85.9 Å². The van der Waals surface area contributed by atoms with Gasteiger partial charge in [0.05, 0.1) is 6.42 Å². The molecule has 3 rings (SSSR count). The maximum Gasteiger partial charge on any atom is 0.294 e. The van der Waals surface area contributed by atoms with Crippen molar-refractivity contribution in [1.82, 2.24) is 25.6 Å². The number of aromatic amines is 1. The predicted molar refractivity (Wildman–Crippen MR) is 134 cm³/mol. The molecular weight excluding hydrogens is 484 g/mol. The molecule has 0 spiro atoms. The molecule has 2 aromatic carbocycles. The van der Waals surface area contributed by atoms with E-state index in [1.807, 2.05) is 4.57 Å². The Hall–Kier alpha value is -4.06. The van der Waals surface area contributed by atoms with E-state index in [0.717, 1.165) is 23.5 Å². The molecule has 0 aliphatic rings. The van der Waals surface area contributed by atoms with E-state index in [1.165, 1.54) is 5.56 Å². The average Bonchev–Trinajstić information content (AvgIpc) is 3.23. The van der Waals surface area contributed by atoms with E-state index in [-0.39, 0.29) is 12.3 Å². The molecule has 190 valence electrons. The van der Waals surface area contributed by atoms with Crippen molar-refractivity contribution in [2.45, 2.75) is 39.5 Å². The first-order valence-corrected chi connectivity index (χ1v) is 11.8. The maximum absolute atomic E-state index is 12.3. The second-order valence-corrected chi connectivity index (χ2v) is 9.03. The van der Waals surface area contributed by atoms with Gasteiger partial charge in [0.25, 0.3) is 11.0 Å². The third-order valence-corrected chi connectivity index (χ3v) is 5.71. The zero-order valence-corrected chi connectivity index (χ0v) is 21.0. The highest BCUT2D eigenvalue weighted by Crippen LogP contribution is 2.26. The zero-order chi connectivity index (χ0) is 26.2. The molecule has 0 fully saturated rings.